The average Bonchev–Trinajstić information content (AvgIpc) is 2.88. The van der Waals surface area contributed by atoms with Gasteiger partial charge in [-0.2, -0.15) is 13.2 Å². The number of carbonyl (C=O) groups excluding carboxylic acids is 1. The summed E-state index contributed by atoms with van der Waals surface area (Å²) in [6.45, 7) is -0.225. The van der Waals surface area contributed by atoms with Crippen molar-refractivity contribution in [3.8, 4) is 0 Å². The first-order valence-electron chi connectivity index (χ1n) is 6.57. The summed E-state index contributed by atoms with van der Waals surface area (Å²) in [6, 6.07) is 0. The van der Waals surface area contributed by atoms with Crippen molar-refractivity contribution in [2.24, 2.45) is 11.3 Å². The van der Waals surface area contributed by atoms with Crippen LogP contribution in [0.5, 0.6) is 0 Å². The topological polar surface area (TPSA) is 69.6 Å². The number of nitrogens with one attached hydrogen (secondary N) is 1. The Bertz CT molecular complexity index is 405. The van der Waals surface area contributed by atoms with Crippen LogP contribution in [0.2, 0.25) is 0 Å². The first-order chi connectivity index (χ1) is 9.28. The number of halogens is 3. The van der Waals surface area contributed by atoms with Crippen LogP contribution in [0, 0.1) is 11.3 Å². The lowest BCUT2D eigenvalue weighted by atomic mass is 9.83. The highest BCUT2D eigenvalue weighted by Gasteiger charge is 2.62. The molecule has 2 saturated heterocycles. The zero-order valence-corrected chi connectivity index (χ0v) is 10.9. The minimum atomic E-state index is -4.62. The lowest BCUT2D eigenvalue weighted by Crippen LogP contribution is -2.56. The van der Waals surface area contributed by atoms with E-state index >= 15 is 0 Å². The van der Waals surface area contributed by atoms with Crippen molar-refractivity contribution in [3.05, 3.63) is 0 Å². The Hall–Kier alpha value is -1.31. The lowest BCUT2D eigenvalue weighted by Gasteiger charge is -2.38. The maximum atomic E-state index is 13.3. The third-order valence-electron chi connectivity index (χ3n) is 4.17. The fourth-order valence-electron chi connectivity index (χ4n) is 2.90. The molecule has 0 spiro atoms. The van der Waals surface area contributed by atoms with E-state index in [1.54, 1.807) is 0 Å². The van der Waals surface area contributed by atoms with Gasteiger partial charge in [0.25, 0.3) is 0 Å². The van der Waals surface area contributed by atoms with E-state index in [4.69, 9.17) is 5.11 Å². The summed E-state index contributed by atoms with van der Waals surface area (Å²) in [4.78, 5) is 24.3. The third-order valence-corrected chi connectivity index (χ3v) is 4.17. The van der Waals surface area contributed by atoms with E-state index in [0.717, 1.165) is 4.90 Å². The molecule has 20 heavy (non-hydrogen) atoms. The van der Waals surface area contributed by atoms with Gasteiger partial charge in [0.05, 0.1) is 5.92 Å². The highest BCUT2D eigenvalue weighted by Crippen LogP contribution is 2.44. The molecule has 2 rings (SSSR count). The molecule has 2 aliphatic rings. The minimum absolute atomic E-state index is 0.133. The number of amides is 1. The summed E-state index contributed by atoms with van der Waals surface area (Å²) in [5.74, 6) is -2.82. The van der Waals surface area contributed by atoms with Crippen LogP contribution in [0.3, 0.4) is 0 Å². The van der Waals surface area contributed by atoms with Crippen LogP contribution >= 0.6 is 0 Å². The Morgan fingerprint density at radius 1 is 1.35 bits per heavy atom. The van der Waals surface area contributed by atoms with Crippen LogP contribution in [0.1, 0.15) is 19.3 Å². The van der Waals surface area contributed by atoms with E-state index < -0.39 is 35.9 Å². The fraction of sp³-hybridized carbons (Fsp3) is 0.833. The van der Waals surface area contributed by atoms with Gasteiger partial charge in [0.2, 0.25) is 5.91 Å². The van der Waals surface area contributed by atoms with Crippen molar-refractivity contribution in [3.63, 3.8) is 0 Å². The predicted molar refractivity (Wildman–Crippen MR) is 62.9 cm³/mol. The molecule has 0 bridgehead atoms. The summed E-state index contributed by atoms with van der Waals surface area (Å²) >= 11 is 0. The van der Waals surface area contributed by atoms with E-state index in [0.29, 0.717) is 12.8 Å². The first-order valence-corrected chi connectivity index (χ1v) is 6.57. The summed E-state index contributed by atoms with van der Waals surface area (Å²) in [6.07, 6.45) is -4.09. The number of likely N-dealkylation sites (tertiary alicyclic amines) is 1. The van der Waals surface area contributed by atoms with E-state index in [1.807, 2.05) is 0 Å². The molecule has 0 aromatic carbocycles. The molecule has 0 aliphatic carbocycles. The normalized spacial score (nSPS) is 31.4. The van der Waals surface area contributed by atoms with Crippen molar-refractivity contribution in [1.29, 1.82) is 0 Å². The highest BCUT2D eigenvalue weighted by atomic mass is 19.4. The molecule has 114 valence electrons. The molecule has 0 saturated carbocycles. The Balaban J connectivity index is 2.18. The van der Waals surface area contributed by atoms with Gasteiger partial charge < -0.3 is 15.3 Å². The zero-order valence-electron chi connectivity index (χ0n) is 10.9. The second-order valence-corrected chi connectivity index (χ2v) is 5.44. The Morgan fingerprint density at radius 3 is 2.55 bits per heavy atom. The maximum absolute atomic E-state index is 13.3. The summed E-state index contributed by atoms with van der Waals surface area (Å²) in [5.41, 5.74) is -2.40. The number of carbonyl (C=O) groups is 2. The molecular weight excluding hydrogens is 277 g/mol. The quantitative estimate of drug-likeness (QED) is 0.792. The molecule has 0 radical (unpaired) electrons. The Labute approximate surface area is 114 Å². The molecule has 2 atom stereocenters. The average molecular weight is 294 g/mol. The number of piperidine rings is 1. The molecule has 5 nitrogen and oxygen atoms in total. The van der Waals surface area contributed by atoms with Gasteiger partial charge >= 0.3 is 12.1 Å². The van der Waals surface area contributed by atoms with Crippen LogP contribution in [-0.4, -0.2) is 54.2 Å². The molecule has 2 aliphatic heterocycles. The standard InChI is InChI=1S/C12H17F3N2O3/c13-12(14,15)11(3-4-16-7-11)10(20)17-5-1-2-8(6-17)9(18)19/h8,16H,1-7H2,(H,18,19)/t8-,11?/m0/s1. The van der Waals surface area contributed by atoms with Crippen molar-refractivity contribution in [2.45, 2.75) is 25.4 Å². The second-order valence-electron chi connectivity index (χ2n) is 5.44. The first kappa shape index (κ1) is 15.1. The van der Waals surface area contributed by atoms with Gasteiger partial charge in [0.15, 0.2) is 5.41 Å². The zero-order chi connectivity index (χ0) is 15.0. The number of alkyl halides is 3. The number of hydrogen-bond acceptors (Lipinski definition) is 3. The number of aliphatic carboxylic acids is 1. The van der Waals surface area contributed by atoms with Crippen molar-refractivity contribution >= 4 is 11.9 Å². The van der Waals surface area contributed by atoms with Gasteiger partial charge in [0.1, 0.15) is 0 Å². The second kappa shape index (κ2) is 5.23. The van der Waals surface area contributed by atoms with Gasteiger partial charge in [0, 0.05) is 19.6 Å². The van der Waals surface area contributed by atoms with Gasteiger partial charge in [-0.3, -0.25) is 9.59 Å². The van der Waals surface area contributed by atoms with Crippen LogP contribution in [-0.2, 0) is 9.59 Å². The summed E-state index contributed by atoms with van der Waals surface area (Å²) in [7, 11) is 0. The largest absolute Gasteiger partial charge is 0.481 e. The number of hydrogen-bond donors (Lipinski definition) is 2. The van der Waals surface area contributed by atoms with Crippen molar-refractivity contribution in [1.82, 2.24) is 10.2 Å². The number of carboxylic acid groups (broad SMARTS) is 1. The molecule has 2 heterocycles. The van der Waals surface area contributed by atoms with Crippen LogP contribution in [0.15, 0.2) is 0 Å². The van der Waals surface area contributed by atoms with Crippen molar-refractivity contribution < 1.29 is 27.9 Å². The van der Waals surface area contributed by atoms with Gasteiger partial charge in [-0.15, -0.1) is 0 Å². The summed E-state index contributed by atoms with van der Waals surface area (Å²) in [5, 5.41) is 11.5. The van der Waals surface area contributed by atoms with Crippen LogP contribution < -0.4 is 5.32 Å². The predicted octanol–water partition coefficient (Wildman–Crippen LogP) is 0.852. The van der Waals surface area contributed by atoms with E-state index in [1.165, 1.54) is 0 Å². The van der Waals surface area contributed by atoms with Crippen LogP contribution in [0.25, 0.3) is 0 Å². The molecule has 0 aromatic heterocycles. The van der Waals surface area contributed by atoms with E-state index in [-0.39, 0.29) is 26.1 Å². The molecule has 1 unspecified atom stereocenters. The highest BCUT2D eigenvalue weighted by molar-refractivity contribution is 5.85. The maximum Gasteiger partial charge on any atom is 0.404 e. The number of nitrogens with zero attached hydrogens (tertiary/aromatic N) is 1. The molecule has 0 aromatic rings. The Morgan fingerprint density at radius 2 is 2.05 bits per heavy atom. The summed E-state index contributed by atoms with van der Waals surface area (Å²) < 4.78 is 39.8. The van der Waals surface area contributed by atoms with E-state index in [2.05, 4.69) is 5.32 Å². The lowest BCUT2D eigenvalue weighted by molar-refractivity contribution is -0.222. The van der Waals surface area contributed by atoms with E-state index in [9.17, 15) is 22.8 Å². The van der Waals surface area contributed by atoms with Crippen LogP contribution in [0.4, 0.5) is 13.2 Å². The Kier molecular flexibility index (Phi) is 3.95. The molecule has 2 fully saturated rings. The number of carboxylic acids is 1. The SMILES string of the molecule is O=C(O)[C@H]1CCCN(C(=O)C2(C(F)(F)F)CCNC2)C1. The smallest absolute Gasteiger partial charge is 0.404 e. The van der Waals surface area contributed by atoms with Gasteiger partial charge in [-0.25, -0.2) is 0 Å². The molecule has 1 amide bonds. The van der Waals surface area contributed by atoms with Gasteiger partial charge in [-0.1, -0.05) is 0 Å². The molecule has 8 heteroatoms. The monoisotopic (exact) mass is 294 g/mol. The van der Waals surface area contributed by atoms with Crippen molar-refractivity contribution in [2.75, 3.05) is 26.2 Å². The fourth-order valence-corrected chi connectivity index (χ4v) is 2.90. The molecule has 2 N–H and O–H groups in total. The van der Waals surface area contributed by atoms with Gasteiger partial charge in [-0.05, 0) is 25.8 Å². The molecular formula is C12H17F3N2O3. The number of rotatable bonds is 2. The minimum Gasteiger partial charge on any atom is -0.481 e. The third kappa shape index (κ3) is 2.48.